The Labute approximate surface area is 116 Å². The number of nitrogens with one attached hydrogen (secondary N) is 1. The summed E-state index contributed by atoms with van der Waals surface area (Å²) in [5.74, 6) is 0. The molecule has 104 valence electrons. The molecular formula is C17H26N2. The number of benzene rings is 1. The Balaban J connectivity index is 2.28. The predicted octanol–water partition coefficient (Wildman–Crippen LogP) is 4.33. The van der Waals surface area contributed by atoms with Gasteiger partial charge < -0.3 is 9.88 Å². The summed E-state index contributed by atoms with van der Waals surface area (Å²) in [5, 5.41) is 5.04. The summed E-state index contributed by atoms with van der Waals surface area (Å²) in [6.45, 7) is 11.0. The highest BCUT2D eigenvalue weighted by Gasteiger charge is 2.15. The fourth-order valence-electron chi connectivity index (χ4n) is 2.35. The maximum atomic E-state index is 3.66. The highest BCUT2D eigenvalue weighted by Crippen LogP contribution is 2.22. The van der Waals surface area contributed by atoms with Crippen LogP contribution >= 0.6 is 0 Å². The van der Waals surface area contributed by atoms with Gasteiger partial charge in [-0.05, 0) is 38.3 Å². The third-order valence-corrected chi connectivity index (χ3v) is 3.98. The molecule has 0 aliphatic carbocycles. The summed E-state index contributed by atoms with van der Waals surface area (Å²) < 4.78 is 2.38. The Morgan fingerprint density at radius 1 is 1.16 bits per heavy atom. The zero-order valence-corrected chi connectivity index (χ0v) is 12.7. The number of nitrogens with zero attached hydrogens (tertiary/aromatic N) is 1. The SMILES string of the molecule is CCCn1cc(CNC(C)(C)CC)c2ccccc21. The van der Waals surface area contributed by atoms with Crippen molar-refractivity contribution in [2.75, 3.05) is 0 Å². The van der Waals surface area contributed by atoms with E-state index in [-0.39, 0.29) is 5.54 Å². The Hall–Kier alpha value is -1.28. The van der Waals surface area contributed by atoms with Gasteiger partial charge in [0.2, 0.25) is 0 Å². The van der Waals surface area contributed by atoms with E-state index in [1.165, 1.54) is 22.9 Å². The normalized spacial score (nSPS) is 12.2. The Morgan fingerprint density at radius 3 is 2.58 bits per heavy atom. The number of rotatable bonds is 6. The van der Waals surface area contributed by atoms with Crippen LogP contribution in [0.2, 0.25) is 0 Å². The van der Waals surface area contributed by atoms with Crippen LogP contribution in [0.1, 0.15) is 46.1 Å². The molecule has 1 aromatic heterocycles. The van der Waals surface area contributed by atoms with Crippen LogP contribution in [0, 0.1) is 0 Å². The van der Waals surface area contributed by atoms with Gasteiger partial charge in [0.05, 0.1) is 0 Å². The first-order valence-electron chi connectivity index (χ1n) is 7.39. The second-order valence-corrected chi connectivity index (χ2v) is 5.96. The zero-order valence-electron chi connectivity index (χ0n) is 12.7. The van der Waals surface area contributed by atoms with Crippen molar-refractivity contribution in [3.8, 4) is 0 Å². The van der Waals surface area contributed by atoms with E-state index in [2.05, 4.69) is 68.0 Å². The van der Waals surface area contributed by atoms with Crippen molar-refractivity contribution in [3.05, 3.63) is 36.0 Å². The molecule has 0 radical (unpaired) electrons. The first kappa shape index (κ1) is 14.1. The number of hydrogen-bond acceptors (Lipinski definition) is 1. The number of aromatic nitrogens is 1. The van der Waals surface area contributed by atoms with Crippen molar-refractivity contribution in [1.82, 2.24) is 9.88 Å². The minimum absolute atomic E-state index is 0.202. The van der Waals surface area contributed by atoms with E-state index in [1.54, 1.807) is 0 Å². The first-order chi connectivity index (χ1) is 9.07. The van der Waals surface area contributed by atoms with Gasteiger partial charge in [-0.15, -0.1) is 0 Å². The lowest BCUT2D eigenvalue weighted by atomic mass is 10.0. The molecule has 0 aliphatic rings. The molecule has 0 unspecified atom stereocenters. The van der Waals surface area contributed by atoms with E-state index < -0.39 is 0 Å². The molecule has 2 aromatic rings. The summed E-state index contributed by atoms with van der Waals surface area (Å²) in [6.07, 6.45) is 4.62. The van der Waals surface area contributed by atoms with Crippen LogP contribution in [-0.4, -0.2) is 10.1 Å². The number of hydrogen-bond donors (Lipinski definition) is 1. The van der Waals surface area contributed by atoms with Crippen LogP contribution in [0.4, 0.5) is 0 Å². The Bertz CT molecular complexity index is 537. The minimum Gasteiger partial charge on any atom is -0.347 e. The Morgan fingerprint density at radius 2 is 1.89 bits per heavy atom. The van der Waals surface area contributed by atoms with Crippen LogP contribution < -0.4 is 5.32 Å². The van der Waals surface area contributed by atoms with Crippen LogP contribution in [0.25, 0.3) is 10.9 Å². The van der Waals surface area contributed by atoms with Crippen molar-refractivity contribution in [3.63, 3.8) is 0 Å². The van der Waals surface area contributed by atoms with Gasteiger partial charge in [0.1, 0.15) is 0 Å². The molecular weight excluding hydrogens is 232 g/mol. The molecule has 0 saturated heterocycles. The number of fused-ring (bicyclic) bond motifs is 1. The lowest BCUT2D eigenvalue weighted by Gasteiger charge is -2.24. The van der Waals surface area contributed by atoms with E-state index in [4.69, 9.17) is 0 Å². The second-order valence-electron chi connectivity index (χ2n) is 5.96. The summed E-state index contributed by atoms with van der Waals surface area (Å²) in [7, 11) is 0. The standard InChI is InChI=1S/C17H26N2/c1-5-11-19-13-14(12-18-17(3,4)6-2)15-9-7-8-10-16(15)19/h7-10,13,18H,5-6,11-12H2,1-4H3. The van der Waals surface area contributed by atoms with Gasteiger partial charge in [0.25, 0.3) is 0 Å². The van der Waals surface area contributed by atoms with Gasteiger partial charge in [0, 0.05) is 35.7 Å². The van der Waals surface area contributed by atoms with E-state index in [9.17, 15) is 0 Å². The summed E-state index contributed by atoms with van der Waals surface area (Å²) in [5.41, 5.74) is 2.97. The quantitative estimate of drug-likeness (QED) is 0.816. The maximum absolute atomic E-state index is 3.66. The molecule has 0 spiro atoms. The van der Waals surface area contributed by atoms with Crippen molar-refractivity contribution in [1.29, 1.82) is 0 Å². The first-order valence-corrected chi connectivity index (χ1v) is 7.39. The van der Waals surface area contributed by atoms with E-state index in [1.807, 2.05) is 0 Å². The molecule has 0 bridgehead atoms. The zero-order chi connectivity index (χ0) is 13.9. The molecule has 2 nitrogen and oxygen atoms in total. The molecule has 1 aromatic carbocycles. The van der Waals surface area contributed by atoms with Crippen LogP contribution in [0.5, 0.6) is 0 Å². The molecule has 1 N–H and O–H groups in total. The molecule has 0 amide bonds. The average molecular weight is 258 g/mol. The largest absolute Gasteiger partial charge is 0.347 e. The van der Waals surface area contributed by atoms with Crippen LogP contribution in [0.15, 0.2) is 30.5 Å². The summed E-state index contributed by atoms with van der Waals surface area (Å²) >= 11 is 0. The van der Waals surface area contributed by atoms with Crippen LogP contribution in [0.3, 0.4) is 0 Å². The van der Waals surface area contributed by atoms with E-state index in [0.717, 1.165) is 19.5 Å². The Kier molecular flexibility index (Phi) is 4.31. The molecule has 0 aliphatic heterocycles. The average Bonchev–Trinajstić information content (AvgIpc) is 2.76. The van der Waals surface area contributed by atoms with Crippen molar-refractivity contribution < 1.29 is 0 Å². The molecule has 2 heteroatoms. The maximum Gasteiger partial charge on any atom is 0.0483 e. The predicted molar refractivity (Wildman–Crippen MR) is 83.4 cm³/mol. The van der Waals surface area contributed by atoms with Crippen molar-refractivity contribution >= 4 is 10.9 Å². The molecule has 0 fully saturated rings. The highest BCUT2D eigenvalue weighted by atomic mass is 15.0. The fourth-order valence-corrected chi connectivity index (χ4v) is 2.35. The number of para-hydroxylation sites is 1. The van der Waals surface area contributed by atoms with Gasteiger partial charge in [-0.3, -0.25) is 0 Å². The van der Waals surface area contributed by atoms with Crippen molar-refractivity contribution in [2.45, 2.75) is 59.2 Å². The smallest absolute Gasteiger partial charge is 0.0483 e. The van der Waals surface area contributed by atoms with Gasteiger partial charge >= 0.3 is 0 Å². The molecule has 0 saturated carbocycles. The van der Waals surface area contributed by atoms with Crippen LogP contribution in [-0.2, 0) is 13.1 Å². The summed E-state index contributed by atoms with van der Waals surface area (Å²) in [6, 6.07) is 8.71. The van der Waals surface area contributed by atoms with Gasteiger partial charge in [-0.25, -0.2) is 0 Å². The van der Waals surface area contributed by atoms with E-state index in [0.29, 0.717) is 0 Å². The van der Waals surface area contributed by atoms with Gasteiger partial charge in [0.15, 0.2) is 0 Å². The summed E-state index contributed by atoms with van der Waals surface area (Å²) in [4.78, 5) is 0. The second kappa shape index (κ2) is 5.79. The van der Waals surface area contributed by atoms with Gasteiger partial charge in [-0.2, -0.15) is 0 Å². The monoisotopic (exact) mass is 258 g/mol. The molecule has 0 atom stereocenters. The number of aryl methyl sites for hydroxylation is 1. The molecule has 1 heterocycles. The van der Waals surface area contributed by atoms with Crippen molar-refractivity contribution in [2.24, 2.45) is 0 Å². The topological polar surface area (TPSA) is 17.0 Å². The third kappa shape index (κ3) is 3.19. The fraction of sp³-hybridized carbons (Fsp3) is 0.529. The minimum atomic E-state index is 0.202. The van der Waals surface area contributed by atoms with Gasteiger partial charge in [-0.1, -0.05) is 32.0 Å². The third-order valence-electron chi connectivity index (χ3n) is 3.98. The van der Waals surface area contributed by atoms with E-state index >= 15 is 0 Å². The molecule has 2 rings (SSSR count). The molecule has 19 heavy (non-hydrogen) atoms. The highest BCUT2D eigenvalue weighted by molar-refractivity contribution is 5.83. The lowest BCUT2D eigenvalue weighted by Crippen LogP contribution is -2.37. The lowest BCUT2D eigenvalue weighted by molar-refractivity contribution is 0.375.